The quantitative estimate of drug-likeness (QED) is 0.663. The van der Waals surface area contributed by atoms with Crippen LogP contribution in [-0.4, -0.2) is 41.7 Å². The van der Waals surface area contributed by atoms with Gasteiger partial charge in [-0.15, -0.1) is 0 Å². The molecule has 0 saturated carbocycles. The predicted molar refractivity (Wildman–Crippen MR) is 101 cm³/mol. The highest BCUT2D eigenvalue weighted by atomic mass is 16.5. The first-order valence-corrected chi connectivity index (χ1v) is 9.47. The molecule has 140 valence electrons. The van der Waals surface area contributed by atoms with Gasteiger partial charge in [-0.2, -0.15) is 5.48 Å². The van der Waals surface area contributed by atoms with Crippen molar-refractivity contribution in [2.24, 2.45) is 5.92 Å². The topological polar surface area (TPSA) is 64.6 Å². The van der Waals surface area contributed by atoms with Gasteiger partial charge in [0.05, 0.1) is 6.54 Å². The summed E-state index contributed by atoms with van der Waals surface area (Å²) in [7, 11) is 0. The lowest BCUT2D eigenvalue weighted by molar-refractivity contribution is -0.122. The van der Waals surface area contributed by atoms with E-state index in [1.54, 1.807) is 0 Å². The number of carbonyl (C=O) groups is 1. The van der Waals surface area contributed by atoms with Crippen LogP contribution in [0.15, 0.2) is 18.2 Å². The van der Waals surface area contributed by atoms with E-state index >= 15 is 0 Å². The molecule has 5 nitrogen and oxygen atoms in total. The number of hydroxylamine groups is 1. The summed E-state index contributed by atoms with van der Waals surface area (Å²) in [5, 5.41) is 11.5. The number of amides is 1. The molecule has 25 heavy (non-hydrogen) atoms. The van der Waals surface area contributed by atoms with Crippen LogP contribution in [0, 0.1) is 5.92 Å². The Kier molecular flexibility index (Phi) is 7.88. The molecule has 1 aromatic carbocycles. The molecular formula is C20H33N3O2. The van der Waals surface area contributed by atoms with Crippen molar-refractivity contribution >= 4 is 5.91 Å². The van der Waals surface area contributed by atoms with Crippen molar-refractivity contribution < 1.29 is 10.0 Å². The molecule has 0 bridgehead atoms. The number of aryl methyl sites for hydroxylation is 1. The molecule has 0 fully saturated rings. The lowest BCUT2D eigenvalue weighted by atomic mass is 9.94. The van der Waals surface area contributed by atoms with Crippen LogP contribution in [0.3, 0.4) is 0 Å². The minimum atomic E-state index is -0.179. The Balaban J connectivity index is 2.03. The summed E-state index contributed by atoms with van der Waals surface area (Å²) in [5.41, 5.74) is 6.23. The van der Waals surface area contributed by atoms with E-state index in [1.807, 2.05) is 12.4 Å². The van der Waals surface area contributed by atoms with Gasteiger partial charge in [-0.1, -0.05) is 32.0 Å². The Morgan fingerprint density at radius 3 is 2.76 bits per heavy atom. The van der Waals surface area contributed by atoms with Crippen LogP contribution in [0.1, 0.15) is 50.3 Å². The van der Waals surface area contributed by atoms with Gasteiger partial charge < -0.3 is 10.5 Å². The van der Waals surface area contributed by atoms with Crippen molar-refractivity contribution in [1.82, 2.24) is 15.7 Å². The van der Waals surface area contributed by atoms with Gasteiger partial charge in [0.1, 0.15) is 0 Å². The van der Waals surface area contributed by atoms with E-state index in [4.69, 9.17) is 5.21 Å². The van der Waals surface area contributed by atoms with Crippen LogP contribution < -0.4 is 10.8 Å². The van der Waals surface area contributed by atoms with E-state index in [0.717, 1.165) is 26.1 Å². The number of nitrogens with one attached hydrogen (secondary N) is 2. The lowest BCUT2D eigenvalue weighted by Crippen LogP contribution is -2.44. The van der Waals surface area contributed by atoms with Gasteiger partial charge >= 0.3 is 0 Å². The molecule has 1 aromatic rings. The largest absolute Gasteiger partial charge is 0.351 e. The number of benzene rings is 1. The Hall–Kier alpha value is -1.43. The van der Waals surface area contributed by atoms with Crippen molar-refractivity contribution in [2.75, 3.05) is 19.6 Å². The zero-order valence-electron chi connectivity index (χ0n) is 15.8. The predicted octanol–water partition coefficient (Wildman–Crippen LogP) is 2.51. The van der Waals surface area contributed by atoms with Gasteiger partial charge in [0.25, 0.3) is 0 Å². The minimum Gasteiger partial charge on any atom is -0.351 e. The summed E-state index contributed by atoms with van der Waals surface area (Å²) in [6.07, 6.45) is 4.68. The van der Waals surface area contributed by atoms with Gasteiger partial charge in [-0.3, -0.25) is 9.69 Å². The fourth-order valence-electron chi connectivity index (χ4n) is 3.63. The molecule has 0 saturated heterocycles. The number of nitrogens with zero attached hydrogens (tertiary/aromatic N) is 1. The second kappa shape index (κ2) is 9.90. The maximum Gasteiger partial charge on any atom is 0.236 e. The molecule has 1 aliphatic rings. The third-order valence-electron chi connectivity index (χ3n) is 4.66. The molecule has 5 heteroatoms. The summed E-state index contributed by atoms with van der Waals surface area (Å²) in [4.78, 5) is 14.1. The smallest absolute Gasteiger partial charge is 0.236 e. The second-order valence-electron chi connectivity index (χ2n) is 7.70. The molecule has 0 aliphatic carbocycles. The van der Waals surface area contributed by atoms with Crippen molar-refractivity contribution in [1.29, 1.82) is 0 Å². The fourth-order valence-corrected chi connectivity index (χ4v) is 3.63. The Bertz CT molecular complexity index is 560. The van der Waals surface area contributed by atoms with Crippen molar-refractivity contribution in [3.05, 3.63) is 34.9 Å². The van der Waals surface area contributed by atoms with Crippen molar-refractivity contribution in [3.63, 3.8) is 0 Å². The molecule has 0 unspecified atom stereocenters. The molecule has 0 aromatic heterocycles. The fraction of sp³-hybridized carbons (Fsp3) is 0.650. The number of carbonyl (C=O) groups excluding carboxylic acids is 1. The number of fused-ring (bicyclic) bond motifs is 1. The molecule has 3 N–H and O–H groups in total. The SMILES string of the molecule is CC(C)Cc1ccc2c(c1)CN(C[C@H](C)NC(=O)CNO)CCCC2. The lowest BCUT2D eigenvalue weighted by Gasteiger charge is -2.29. The maximum atomic E-state index is 11.6. The zero-order valence-corrected chi connectivity index (χ0v) is 15.8. The summed E-state index contributed by atoms with van der Waals surface area (Å²) in [6, 6.07) is 7.04. The summed E-state index contributed by atoms with van der Waals surface area (Å²) in [6.45, 7) is 9.30. The minimum absolute atomic E-state index is 0.0579. The first kappa shape index (κ1) is 19.9. The third kappa shape index (κ3) is 6.77. The molecule has 1 atom stereocenters. The first-order valence-electron chi connectivity index (χ1n) is 9.47. The Morgan fingerprint density at radius 2 is 2.04 bits per heavy atom. The third-order valence-corrected chi connectivity index (χ3v) is 4.66. The van der Waals surface area contributed by atoms with E-state index in [-0.39, 0.29) is 18.5 Å². The molecule has 1 aliphatic heterocycles. The number of hydrogen-bond donors (Lipinski definition) is 3. The van der Waals surface area contributed by atoms with Crippen LogP contribution in [0.25, 0.3) is 0 Å². The average Bonchev–Trinajstić information content (AvgIpc) is 2.50. The van der Waals surface area contributed by atoms with E-state index in [9.17, 15) is 4.79 Å². The Morgan fingerprint density at radius 1 is 1.24 bits per heavy atom. The van der Waals surface area contributed by atoms with Crippen molar-refractivity contribution in [3.8, 4) is 0 Å². The van der Waals surface area contributed by atoms with E-state index in [1.165, 1.54) is 36.0 Å². The van der Waals surface area contributed by atoms with Crippen LogP contribution in [0.5, 0.6) is 0 Å². The highest BCUT2D eigenvalue weighted by molar-refractivity contribution is 5.78. The van der Waals surface area contributed by atoms with Gasteiger partial charge in [0.15, 0.2) is 0 Å². The first-order chi connectivity index (χ1) is 12.0. The summed E-state index contributed by atoms with van der Waals surface area (Å²) >= 11 is 0. The standard InChI is InChI=1S/C20H33N3O2/c1-15(2)10-17-7-8-18-6-4-5-9-23(14-19(18)11-17)13-16(3)22-20(24)12-21-25/h7-8,11,15-16,21,25H,4-6,9-10,12-14H2,1-3H3,(H,22,24)/t16-/m0/s1. The number of hydrogen-bond acceptors (Lipinski definition) is 4. The van der Waals surface area contributed by atoms with E-state index in [0.29, 0.717) is 5.92 Å². The van der Waals surface area contributed by atoms with E-state index in [2.05, 4.69) is 42.3 Å². The number of rotatable bonds is 7. The van der Waals surface area contributed by atoms with Crippen LogP contribution in [-0.2, 0) is 24.2 Å². The molecular weight excluding hydrogens is 314 g/mol. The molecule has 0 spiro atoms. The van der Waals surface area contributed by atoms with E-state index < -0.39 is 0 Å². The second-order valence-corrected chi connectivity index (χ2v) is 7.70. The van der Waals surface area contributed by atoms with Gasteiger partial charge in [0.2, 0.25) is 5.91 Å². The van der Waals surface area contributed by atoms with Gasteiger partial charge in [0, 0.05) is 19.1 Å². The maximum absolute atomic E-state index is 11.6. The van der Waals surface area contributed by atoms with Crippen LogP contribution in [0.4, 0.5) is 0 Å². The highest BCUT2D eigenvalue weighted by Gasteiger charge is 2.17. The summed E-state index contributed by atoms with van der Waals surface area (Å²) in [5.74, 6) is 0.486. The normalized spacial score (nSPS) is 16.8. The van der Waals surface area contributed by atoms with Crippen molar-refractivity contribution in [2.45, 2.75) is 59.0 Å². The van der Waals surface area contributed by atoms with Crippen LogP contribution >= 0.6 is 0 Å². The van der Waals surface area contributed by atoms with Crippen LogP contribution in [0.2, 0.25) is 0 Å². The van der Waals surface area contributed by atoms with Gasteiger partial charge in [-0.25, -0.2) is 0 Å². The average molecular weight is 348 g/mol. The Labute approximate surface area is 151 Å². The molecule has 0 radical (unpaired) electrons. The van der Waals surface area contributed by atoms with Gasteiger partial charge in [-0.05, 0) is 61.8 Å². The monoisotopic (exact) mass is 347 g/mol. The molecule has 1 heterocycles. The highest BCUT2D eigenvalue weighted by Crippen LogP contribution is 2.21. The summed E-state index contributed by atoms with van der Waals surface area (Å²) < 4.78 is 0. The zero-order chi connectivity index (χ0) is 18.2. The molecule has 1 amide bonds. The molecule has 2 rings (SSSR count).